The predicted octanol–water partition coefficient (Wildman–Crippen LogP) is 1.91. The molecule has 0 radical (unpaired) electrons. The molecule has 0 amide bonds. The van der Waals surface area contributed by atoms with E-state index in [0.29, 0.717) is 0 Å². The van der Waals surface area contributed by atoms with E-state index in [-0.39, 0.29) is 5.69 Å². The Hall–Kier alpha value is -1.51. The van der Waals surface area contributed by atoms with Gasteiger partial charge < -0.3 is 4.98 Å². The molecular formula is C11H14N2O. The van der Waals surface area contributed by atoms with Gasteiger partial charge in [0.05, 0.1) is 11.0 Å². The molecule has 0 aliphatic rings. The predicted molar refractivity (Wildman–Crippen MR) is 57.6 cm³/mol. The van der Waals surface area contributed by atoms with Crippen LogP contribution in [0.2, 0.25) is 0 Å². The van der Waals surface area contributed by atoms with Crippen LogP contribution in [0.5, 0.6) is 0 Å². The number of imidazole rings is 1. The van der Waals surface area contributed by atoms with Gasteiger partial charge in [0.1, 0.15) is 0 Å². The molecule has 1 aromatic heterocycles. The van der Waals surface area contributed by atoms with Crippen molar-refractivity contribution in [2.24, 2.45) is 0 Å². The molecule has 1 heterocycles. The average Bonchev–Trinajstić information content (AvgIpc) is 2.52. The number of hydrogen-bond donors (Lipinski definition) is 1. The maximum absolute atomic E-state index is 11.5. The molecule has 1 aromatic carbocycles. The lowest BCUT2D eigenvalue weighted by Crippen LogP contribution is -2.15. The van der Waals surface area contributed by atoms with Crippen LogP contribution >= 0.6 is 0 Å². The molecule has 0 saturated carbocycles. The maximum Gasteiger partial charge on any atom is 0.326 e. The van der Waals surface area contributed by atoms with Gasteiger partial charge >= 0.3 is 5.69 Å². The number of nitrogens with zero attached hydrogens (tertiary/aromatic N) is 1. The number of aryl methyl sites for hydroxylation is 2. The molecule has 3 heteroatoms. The van der Waals surface area contributed by atoms with E-state index in [4.69, 9.17) is 0 Å². The van der Waals surface area contributed by atoms with E-state index in [0.717, 1.165) is 24.0 Å². The smallest absolute Gasteiger partial charge is 0.306 e. The molecule has 74 valence electrons. The lowest BCUT2D eigenvalue weighted by Gasteiger charge is -2.03. The highest BCUT2D eigenvalue weighted by molar-refractivity contribution is 5.79. The number of aromatic nitrogens is 2. The Morgan fingerprint density at radius 3 is 2.79 bits per heavy atom. The summed E-state index contributed by atoms with van der Waals surface area (Å²) in [5, 5.41) is 0. The van der Waals surface area contributed by atoms with E-state index < -0.39 is 0 Å². The van der Waals surface area contributed by atoms with E-state index in [1.54, 1.807) is 4.57 Å². The van der Waals surface area contributed by atoms with Crippen LogP contribution in [0.15, 0.2) is 23.0 Å². The highest BCUT2D eigenvalue weighted by Crippen LogP contribution is 2.16. The van der Waals surface area contributed by atoms with Crippen molar-refractivity contribution >= 4 is 11.0 Å². The molecule has 0 bridgehead atoms. The number of nitrogens with one attached hydrogen (secondary N) is 1. The Morgan fingerprint density at radius 2 is 2.14 bits per heavy atom. The minimum absolute atomic E-state index is 0.0107. The number of fused-ring (bicyclic) bond motifs is 1. The van der Waals surface area contributed by atoms with Crippen LogP contribution in [0, 0.1) is 0 Å². The number of para-hydroxylation sites is 1. The van der Waals surface area contributed by atoms with Crippen molar-refractivity contribution in [2.75, 3.05) is 0 Å². The van der Waals surface area contributed by atoms with E-state index in [1.807, 2.05) is 19.1 Å². The van der Waals surface area contributed by atoms with Gasteiger partial charge in [0.15, 0.2) is 0 Å². The standard InChI is InChI=1S/C11H14N2O/c1-3-8-6-5-7-9-10(8)13(4-2)11(14)12-9/h5-7H,3-4H2,1-2H3,(H,12,14). The molecule has 3 nitrogen and oxygen atoms in total. The minimum atomic E-state index is -0.0107. The van der Waals surface area contributed by atoms with Crippen LogP contribution in [0.25, 0.3) is 11.0 Å². The summed E-state index contributed by atoms with van der Waals surface area (Å²) in [4.78, 5) is 14.4. The topological polar surface area (TPSA) is 37.8 Å². The normalized spacial score (nSPS) is 11.0. The highest BCUT2D eigenvalue weighted by Gasteiger charge is 2.07. The first-order valence-electron chi connectivity index (χ1n) is 4.98. The average molecular weight is 190 g/mol. The quantitative estimate of drug-likeness (QED) is 0.771. The van der Waals surface area contributed by atoms with Gasteiger partial charge in [-0.25, -0.2) is 4.79 Å². The van der Waals surface area contributed by atoms with E-state index in [2.05, 4.69) is 18.0 Å². The Bertz CT molecular complexity index is 507. The van der Waals surface area contributed by atoms with Crippen LogP contribution < -0.4 is 5.69 Å². The van der Waals surface area contributed by atoms with Crippen molar-refractivity contribution in [1.82, 2.24) is 9.55 Å². The molecule has 1 N–H and O–H groups in total. The van der Waals surface area contributed by atoms with Crippen molar-refractivity contribution in [3.63, 3.8) is 0 Å². The summed E-state index contributed by atoms with van der Waals surface area (Å²) in [6.45, 7) is 4.81. The van der Waals surface area contributed by atoms with E-state index >= 15 is 0 Å². The van der Waals surface area contributed by atoms with Crippen molar-refractivity contribution in [3.05, 3.63) is 34.2 Å². The molecule has 0 saturated heterocycles. The molecule has 0 aliphatic carbocycles. The van der Waals surface area contributed by atoms with Crippen LogP contribution in [-0.2, 0) is 13.0 Å². The molecule has 14 heavy (non-hydrogen) atoms. The fourth-order valence-electron chi connectivity index (χ4n) is 1.88. The fraction of sp³-hybridized carbons (Fsp3) is 0.364. The van der Waals surface area contributed by atoms with Gasteiger partial charge in [0, 0.05) is 6.54 Å². The van der Waals surface area contributed by atoms with Crippen LogP contribution in [0.3, 0.4) is 0 Å². The molecular weight excluding hydrogens is 176 g/mol. The summed E-state index contributed by atoms with van der Waals surface area (Å²) in [6.07, 6.45) is 0.953. The van der Waals surface area contributed by atoms with Crippen LogP contribution in [0.1, 0.15) is 19.4 Å². The summed E-state index contributed by atoms with van der Waals surface area (Å²) in [5.74, 6) is 0. The molecule has 0 unspecified atom stereocenters. The van der Waals surface area contributed by atoms with Gasteiger partial charge in [0.2, 0.25) is 0 Å². The van der Waals surface area contributed by atoms with Crippen molar-refractivity contribution in [3.8, 4) is 0 Å². The maximum atomic E-state index is 11.5. The van der Waals surface area contributed by atoms with Crippen molar-refractivity contribution < 1.29 is 0 Å². The van der Waals surface area contributed by atoms with Crippen molar-refractivity contribution in [1.29, 1.82) is 0 Å². The lowest BCUT2D eigenvalue weighted by atomic mass is 10.1. The van der Waals surface area contributed by atoms with Gasteiger partial charge in [-0.1, -0.05) is 19.1 Å². The summed E-state index contributed by atoms with van der Waals surface area (Å²) < 4.78 is 1.79. The summed E-state index contributed by atoms with van der Waals surface area (Å²) in [7, 11) is 0. The monoisotopic (exact) mass is 190 g/mol. The SMILES string of the molecule is CCc1cccc2[nH]c(=O)n(CC)c12. The first kappa shape index (κ1) is 9.06. The number of benzene rings is 1. The number of aromatic amines is 1. The molecule has 0 aliphatic heterocycles. The second-order valence-corrected chi connectivity index (χ2v) is 3.34. The van der Waals surface area contributed by atoms with Crippen molar-refractivity contribution in [2.45, 2.75) is 26.8 Å². The summed E-state index contributed by atoms with van der Waals surface area (Å²) in [6, 6.07) is 6.00. The molecule has 0 spiro atoms. The highest BCUT2D eigenvalue weighted by atomic mass is 16.1. The molecule has 2 aromatic rings. The minimum Gasteiger partial charge on any atom is -0.306 e. The Kier molecular flexibility index (Phi) is 2.15. The summed E-state index contributed by atoms with van der Waals surface area (Å²) >= 11 is 0. The number of hydrogen-bond acceptors (Lipinski definition) is 1. The lowest BCUT2D eigenvalue weighted by molar-refractivity contribution is 0.750. The molecule has 2 rings (SSSR count). The van der Waals surface area contributed by atoms with E-state index in [1.165, 1.54) is 5.56 Å². The number of H-pyrrole nitrogens is 1. The number of rotatable bonds is 2. The molecule has 0 atom stereocenters. The van der Waals surface area contributed by atoms with Gasteiger partial charge in [-0.3, -0.25) is 4.57 Å². The largest absolute Gasteiger partial charge is 0.326 e. The van der Waals surface area contributed by atoms with E-state index in [9.17, 15) is 4.79 Å². The summed E-state index contributed by atoms with van der Waals surface area (Å²) in [5.41, 5.74) is 3.21. The third-order valence-corrected chi connectivity index (χ3v) is 2.57. The molecule has 0 fully saturated rings. The Balaban J connectivity index is 2.89. The van der Waals surface area contributed by atoms with Gasteiger partial charge in [-0.15, -0.1) is 0 Å². The fourth-order valence-corrected chi connectivity index (χ4v) is 1.88. The first-order chi connectivity index (χ1) is 6.77. The third-order valence-electron chi connectivity index (χ3n) is 2.57. The zero-order chi connectivity index (χ0) is 10.1. The Morgan fingerprint density at radius 1 is 1.36 bits per heavy atom. The third kappa shape index (κ3) is 1.16. The zero-order valence-electron chi connectivity index (χ0n) is 8.50. The van der Waals surface area contributed by atoms with Gasteiger partial charge in [-0.2, -0.15) is 0 Å². The second-order valence-electron chi connectivity index (χ2n) is 3.34. The van der Waals surface area contributed by atoms with Gasteiger partial charge in [0.25, 0.3) is 0 Å². The van der Waals surface area contributed by atoms with Gasteiger partial charge in [-0.05, 0) is 25.0 Å². The zero-order valence-corrected chi connectivity index (χ0v) is 8.50. The van der Waals surface area contributed by atoms with Crippen LogP contribution in [-0.4, -0.2) is 9.55 Å². The van der Waals surface area contributed by atoms with Crippen LogP contribution in [0.4, 0.5) is 0 Å². The Labute approximate surface area is 82.4 Å². The first-order valence-corrected chi connectivity index (χ1v) is 4.98. The second kappa shape index (κ2) is 3.33.